The van der Waals surface area contributed by atoms with Gasteiger partial charge in [0.2, 0.25) is 0 Å². The van der Waals surface area contributed by atoms with Gasteiger partial charge in [0.15, 0.2) is 0 Å². The number of halogens is 3. The van der Waals surface area contributed by atoms with Crippen molar-refractivity contribution in [3.8, 4) is 5.75 Å². The highest BCUT2D eigenvalue weighted by molar-refractivity contribution is 5.38. The molecular formula is C16H20F3NO. The van der Waals surface area contributed by atoms with Gasteiger partial charge in [0.05, 0.1) is 5.56 Å². The van der Waals surface area contributed by atoms with E-state index in [1.807, 2.05) is 0 Å². The van der Waals surface area contributed by atoms with E-state index < -0.39 is 17.5 Å². The Hall–Kier alpha value is -1.23. The Morgan fingerprint density at radius 3 is 2.67 bits per heavy atom. The molecule has 1 saturated heterocycles. The van der Waals surface area contributed by atoms with E-state index in [1.54, 1.807) is 6.07 Å². The summed E-state index contributed by atoms with van der Waals surface area (Å²) in [5.41, 5.74) is -0.298. The number of aromatic hydroxyl groups is 1. The Morgan fingerprint density at radius 1 is 1.14 bits per heavy atom. The molecule has 2 atom stereocenters. The lowest BCUT2D eigenvalue weighted by atomic mass is 9.91. The van der Waals surface area contributed by atoms with E-state index in [1.165, 1.54) is 19.3 Å². The zero-order chi connectivity index (χ0) is 15.0. The van der Waals surface area contributed by atoms with Crippen molar-refractivity contribution in [3.05, 3.63) is 29.3 Å². The summed E-state index contributed by atoms with van der Waals surface area (Å²) in [4.78, 5) is 2.33. The third kappa shape index (κ3) is 3.03. The smallest absolute Gasteiger partial charge is 0.419 e. The molecule has 5 heteroatoms. The molecule has 1 saturated carbocycles. The van der Waals surface area contributed by atoms with Crippen LogP contribution >= 0.6 is 0 Å². The first-order valence-electron chi connectivity index (χ1n) is 7.58. The topological polar surface area (TPSA) is 23.5 Å². The molecule has 1 aromatic rings. The average Bonchev–Trinajstić information content (AvgIpc) is 2.89. The van der Waals surface area contributed by atoms with Crippen LogP contribution in [0.2, 0.25) is 0 Å². The molecule has 3 rings (SSSR count). The van der Waals surface area contributed by atoms with Gasteiger partial charge in [-0.05, 0) is 55.8 Å². The molecule has 116 valence electrons. The zero-order valence-corrected chi connectivity index (χ0v) is 11.9. The van der Waals surface area contributed by atoms with E-state index in [0.717, 1.165) is 37.4 Å². The monoisotopic (exact) mass is 299 g/mol. The zero-order valence-electron chi connectivity index (χ0n) is 11.9. The maximum atomic E-state index is 12.8. The first-order valence-corrected chi connectivity index (χ1v) is 7.58. The minimum atomic E-state index is -4.50. The van der Waals surface area contributed by atoms with Gasteiger partial charge < -0.3 is 5.11 Å². The van der Waals surface area contributed by atoms with E-state index in [9.17, 15) is 18.3 Å². The fourth-order valence-electron chi connectivity index (χ4n) is 3.90. The number of likely N-dealkylation sites (tertiary alicyclic amines) is 1. The molecule has 2 unspecified atom stereocenters. The molecule has 0 bridgehead atoms. The summed E-state index contributed by atoms with van der Waals surface area (Å²) in [6, 6.07) is 4.38. The van der Waals surface area contributed by atoms with Crippen LogP contribution in [0.1, 0.15) is 43.2 Å². The second kappa shape index (κ2) is 5.52. The average molecular weight is 299 g/mol. The fraction of sp³-hybridized carbons (Fsp3) is 0.625. The first-order chi connectivity index (χ1) is 9.95. The predicted molar refractivity (Wildman–Crippen MR) is 73.9 cm³/mol. The number of piperidine rings is 1. The number of phenolic OH excluding ortho intramolecular Hbond substituents is 1. The molecule has 1 heterocycles. The third-order valence-electron chi connectivity index (χ3n) is 4.86. The number of hydrogen-bond donors (Lipinski definition) is 1. The standard InChI is InChI=1S/C16H20F3NO/c17-16(18,19)13-9-11(6-7-15(13)21)10-20-8-2-4-12-3-1-5-14(12)20/h6-7,9,12,14,21H,1-5,8,10H2. The van der Waals surface area contributed by atoms with Gasteiger partial charge >= 0.3 is 6.18 Å². The van der Waals surface area contributed by atoms with E-state index in [-0.39, 0.29) is 0 Å². The molecule has 1 N–H and O–H groups in total. The number of nitrogens with zero attached hydrogens (tertiary/aromatic N) is 1. The van der Waals surface area contributed by atoms with Gasteiger partial charge in [0, 0.05) is 12.6 Å². The fourth-order valence-corrected chi connectivity index (χ4v) is 3.90. The van der Waals surface area contributed by atoms with Gasteiger partial charge in [0.25, 0.3) is 0 Å². The Labute approximate surface area is 122 Å². The Bertz CT molecular complexity index is 515. The molecule has 0 aromatic heterocycles. The van der Waals surface area contributed by atoms with Gasteiger partial charge in [-0.2, -0.15) is 13.2 Å². The van der Waals surface area contributed by atoms with E-state index in [0.29, 0.717) is 18.2 Å². The molecule has 2 nitrogen and oxygen atoms in total. The summed E-state index contributed by atoms with van der Waals surface area (Å²) in [5.74, 6) is 0.0292. The van der Waals surface area contributed by atoms with Crippen LogP contribution in [0.5, 0.6) is 5.75 Å². The lowest BCUT2D eigenvalue weighted by molar-refractivity contribution is -0.138. The molecular weight excluding hydrogens is 279 g/mol. The Balaban J connectivity index is 1.78. The highest BCUT2D eigenvalue weighted by atomic mass is 19.4. The minimum Gasteiger partial charge on any atom is -0.507 e. The molecule has 2 aliphatic rings. The number of phenols is 1. The van der Waals surface area contributed by atoms with Crippen LogP contribution in [0.25, 0.3) is 0 Å². The Kier molecular flexibility index (Phi) is 3.86. The highest BCUT2D eigenvalue weighted by Crippen LogP contribution is 2.39. The number of hydrogen-bond acceptors (Lipinski definition) is 2. The predicted octanol–water partition coefficient (Wildman–Crippen LogP) is 4.18. The van der Waals surface area contributed by atoms with Crippen LogP contribution in [-0.4, -0.2) is 22.6 Å². The SMILES string of the molecule is Oc1ccc(CN2CCCC3CCCC32)cc1C(F)(F)F. The van der Waals surface area contributed by atoms with E-state index >= 15 is 0 Å². The van der Waals surface area contributed by atoms with Crippen LogP contribution in [0.3, 0.4) is 0 Å². The van der Waals surface area contributed by atoms with Crippen molar-refractivity contribution in [3.63, 3.8) is 0 Å². The van der Waals surface area contributed by atoms with Crippen molar-refractivity contribution < 1.29 is 18.3 Å². The summed E-state index contributed by atoms with van der Waals surface area (Å²) in [6.07, 6.45) is 1.53. The number of alkyl halides is 3. The van der Waals surface area contributed by atoms with E-state index in [2.05, 4.69) is 4.90 Å². The second-order valence-electron chi connectivity index (χ2n) is 6.22. The second-order valence-corrected chi connectivity index (χ2v) is 6.22. The molecule has 1 aliphatic carbocycles. The molecule has 21 heavy (non-hydrogen) atoms. The van der Waals surface area contributed by atoms with E-state index in [4.69, 9.17) is 0 Å². The summed E-state index contributed by atoms with van der Waals surface area (Å²) < 4.78 is 38.5. The number of fused-ring (bicyclic) bond motifs is 1. The number of rotatable bonds is 2. The van der Waals surface area contributed by atoms with Crippen molar-refractivity contribution in [1.29, 1.82) is 0 Å². The highest BCUT2D eigenvalue weighted by Gasteiger charge is 2.36. The lowest BCUT2D eigenvalue weighted by Crippen LogP contribution is -2.41. The quantitative estimate of drug-likeness (QED) is 0.885. The maximum absolute atomic E-state index is 12.8. The number of benzene rings is 1. The normalized spacial score (nSPS) is 26.8. The van der Waals surface area contributed by atoms with Crippen LogP contribution in [0.4, 0.5) is 13.2 Å². The van der Waals surface area contributed by atoms with Crippen molar-refractivity contribution in [2.24, 2.45) is 5.92 Å². The largest absolute Gasteiger partial charge is 0.507 e. The van der Waals surface area contributed by atoms with Gasteiger partial charge in [-0.3, -0.25) is 4.90 Å². The molecule has 1 aromatic carbocycles. The lowest BCUT2D eigenvalue weighted by Gasteiger charge is -2.37. The summed E-state index contributed by atoms with van der Waals surface area (Å²) >= 11 is 0. The summed E-state index contributed by atoms with van der Waals surface area (Å²) in [6.45, 7) is 1.51. The van der Waals surface area contributed by atoms with Gasteiger partial charge in [-0.25, -0.2) is 0 Å². The van der Waals surface area contributed by atoms with Crippen molar-refractivity contribution in [2.75, 3.05) is 6.54 Å². The third-order valence-corrected chi connectivity index (χ3v) is 4.86. The molecule has 1 aliphatic heterocycles. The van der Waals surface area contributed by atoms with Crippen LogP contribution in [0, 0.1) is 5.92 Å². The molecule has 0 spiro atoms. The van der Waals surface area contributed by atoms with Crippen molar-refractivity contribution >= 4 is 0 Å². The molecule has 0 amide bonds. The van der Waals surface area contributed by atoms with Crippen molar-refractivity contribution in [1.82, 2.24) is 4.90 Å². The van der Waals surface area contributed by atoms with Crippen molar-refractivity contribution in [2.45, 2.75) is 50.9 Å². The maximum Gasteiger partial charge on any atom is 0.419 e. The first kappa shape index (κ1) is 14.7. The molecule has 0 radical (unpaired) electrons. The summed E-state index contributed by atoms with van der Waals surface area (Å²) in [7, 11) is 0. The minimum absolute atomic E-state index is 0.530. The Morgan fingerprint density at radius 2 is 1.90 bits per heavy atom. The van der Waals surface area contributed by atoms with Crippen LogP contribution < -0.4 is 0 Å². The van der Waals surface area contributed by atoms with Crippen LogP contribution in [0.15, 0.2) is 18.2 Å². The van der Waals surface area contributed by atoms with Crippen LogP contribution in [-0.2, 0) is 12.7 Å². The summed E-state index contributed by atoms with van der Waals surface area (Å²) in [5, 5.41) is 9.39. The van der Waals surface area contributed by atoms with Gasteiger partial charge in [-0.1, -0.05) is 12.5 Å². The van der Waals surface area contributed by atoms with Gasteiger partial charge in [-0.15, -0.1) is 0 Å². The van der Waals surface area contributed by atoms with Gasteiger partial charge in [0.1, 0.15) is 5.75 Å². The molecule has 2 fully saturated rings.